The molecule has 7 heteroatoms. The molecular formula is C15H12Br2N2O3. The van der Waals surface area contributed by atoms with Crippen molar-refractivity contribution in [3.8, 4) is 11.5 Å². The molecule has 2 N–H and O–H groups in total. The van der Waals surface area contributed by atoms with E-state index in [0.29, 0.717) is 25.8 Å². The number of nitrogens with one attached hydrogen (secondary N) is 1. The molecule has 0 saturated carbocycles. The lowest BCUT2D eigenvalue weighted by Crippen LogP contribution is -2.17. The van der Waals surface area contributed by atoms with Gasteiger partial charge in [-0.3, -0.25) is 4.79 Å². The van der Waals surface area contributed by atoms with Gasteiger partial charge >= 0.3 is 0 Å². The fraction of sp³-hybridized carbons (Fsp3) is 0.0667. The number of benzene rings is 2. The van der Waals surface area contributed by atoms with E-state index in [0.717, 1.165) is 0 Å². The Morgan fingerprint density at radius 2 is 1.82 bits per heavy atom. The monoisotopic (exact) mass is 426 g/mol. The van der Waals surface area contributed by atoms with Crippen LogP contribution in [0.4, 0.5) is 0 Å². The summed E-state index contributed by atoms with van der Waals surface area (Å²) in [5.41, 5.74) is 3.63. The minimum Gasteiger partial charge on any atom is -0.506 e. The molecule has 1 amide bonds. The fourth-order valence-corrected chi connectivity index (χ4v) is 2.85. The van der Waals surface area contributed by atoms with Gasteiger partial charge in [0.1, 0.15) is 11.5 Å². The van der Waals surface area contributed by atoms with Crippen molar-refractivity contribution >= 4 is 44.0 Å². The quantitative estimate of drug-likeness (QED) is 0.577. The average Bonchev–Trinajstić information content (AvgIpc) is 2.52. The lowest BCUT2D eigenvalue weighted by molar-refractivity contribution is 0.0955. The molecule has 0 spiro atoms. The van der Waals surface area contributed by atoms with Gasteiger partial charge in [0, 0.05) is 5.56 Å². The lowest BCUT2D eigenvalue weighted by atomic mass is 10.2. The molecule has 0 atom stereocenters. The number of carbonyl (C=O) groups excluding carboxylic acids is 1. The van der Waals surface area contributed by atoms with Crippen molar-refractivity contribution in [2.24, 2.45) is 5.10 Å². The normalized spacial score (nSPS) is 10.7. The number of phenols is 1. The second kappa shape index (κ2) is 7.42. The van der Waals surface area contributed by atoms with Gasteiger partial charge in [-0.05, 0) is 73.8 Å². The number of amides is 1. The van der Waals surface area contributed by atoms with Crippen LogP contribution in [0, 0.1) is 0 Å². The van der Waals surface area contributed by atoms with Crippen LogP contribution in [0.1, 0.15) is 15.9 Å². The van der Waals surface area contributed by atoms with Crippen LogP contribution < -0.4 is 10.2 Å². The number of nitrogens with zero attached hydrogens (tertiary/aromatic N) is 1. The minimum absolute atomic E-state index is 0.111. The molecule has 0 aliphatic rings. The highest BCUT2D eigenvalue weighted by Gasteiger charge is 2.06. The number of phenolic OH excluding ortho intramolecular Hbond substituents is 1. The maximum absolute atomic E-state index is 11.9. The first-order chi connectivity index (χ1) is 10.5. The van der Waals surface area contributed by atoms with Crippen molar-refractivity contribution in [1.29, 1.82) is 0 Å². The van der Waals surface area contributed by atoms with Gasteiger partial charge < -0.3 is 9.84 Å². The highest BCUT2D eigenvalue weighted by Crippen LogP contribution is 2.32. The summed E-state index contributed by atoms with van der Waals surface area (Å²) in [6, 6.07) is 10.1. The molecule has 0 aromatic heterocycles. The first kappa shape index (κ1) is 16.5. The highest BCUT2D eigenvalue weighted by molar-refractivity contribution is 9.11. The summed E-state index contributed by atoms with van der Waals surface area (Å²) in [5, 5.41) is 13.5. The Balaban J connectivity index is 2.03. The molecule has 0 aliphatic heterocycles. The molecule has 0 unspecified atom stereocenters. The Kier molecular flexibility index (Phi) is 5.57. The Labute approximate surface area is 144 Å². The third-order valence-electron chi connectivity index (χ3n) is 2.77. The zero-order chi connectivity index (χ0) is 16.1. The van der Waals surface area contributed by atoms with Gasteiger partial charge in [0.25, 0.3) is 5.91 Å². The predicted molar refractivity (Wildman–Crippen MR) is 91.6 cm³/mol. The number of carbonyl (C=O) groups is 1. The third kappa shape index (κ3) is 4.08. The molecule has 2 rings (SSSR count). The van der Waals surface area contributed by atoms with Crippen LogP contribution in [0.15, 0.2) is 50.4 Å². The molecule has 0 aliphatic carbocycles. The van der Waals surface area contributed by atoms with Crippen molar-refractivity contribution in [3.63, 3.8) is 0 Å². The van der Waals surface area contributed by atoms with Gasteiger partial charge in [-0.1, -0.05) is 0 Å². The van der Waals surface area contributed by atoms with Crippen LogP contribution in [0.5, 0.6) is 11.5 Å². The summed E-state index contributed by atoms with van der Waals surface area (Å²) >= 11 is 6.45. The smallest absolute Gasteiger partial charge is 0.271 e. The van der Waals surface area contributed by atoms with Gasteiger partial charge in [-0.15, -0.1) is 0 Å². The van der Waals surface area contributed by atoms with E-state index >= 15 is 0 Å². The topological polar surface area (TPSA) is 70.9 Å². The van der Waals surface area contributed by atoms with E-state index in [1.165, 1.54) is 6.21 Å². The van der Waals surface area contributed by atoms with E-state index < -0.39 is 0 Å². The number of rotatable bonds is 4. The van der Waals surface area contributed by atoms with Crippen LogP contribution in [0.2, 0.25) is 0 Å². The van der Waals surface area contributed by atoms with Gasteiger partial charge in [0.15, 0.2) is 0 Å². The molecular weight excluding hydrogens is 416 g/mol. The van der Waals surface area contributed by atoms with Gasteiger partial charge in [-0.2, -0.15) is 5.10 Å². The lowest BCUT2D eigenvalue weighted by Gasteiger charge is -2.03. The van der Waals surface area contributed by atoms with Crippen LogP contribution in [0.25, 0.3) is 0 Å². The molecule has 0 fully saturated rings. The van der Waals surface area contributed by atoms with E-state index in [9.17, 15) is 9.90 Å². The summed E-state index contributed by atoms with van der Waals surface area (Å²) in [4.78, 5) is 11.9. The van der Waals surface area contributed by atoms with Crippen molar-refractivity contribution in [2.75, 3.05) is 7.11 Å². The molecule has 114 valence electrons. The summed E-state index contributed by atoms with van der Waals surface area (Å²) in [5.74, 6) is 0.467. The second-order valence-electron chi connectivity index (χ2n) is 4.26. The molecule has 5 nitrogen and oxygen atoms in total. The van der Waals surface area contributed by atoms with Gasteiger partial charge in [0.05, 0.1) is 22.3 Å². The first-order valence-electron chi connectivity index (χ1n) is 6.16. The molecule has 0 saturated heterocycles. The summed E-state index contributed by atoms with van der Waals surface area (Å²) in [7, 11) is 1.56. The van der Waals surface area contributed by atoms with E-state index in [1.807, 2.05) is 0 Å². The van der Waals surface area contributed by atoms with Gasteiger partial charge in [0.2, 0.25) is 0 Å². The largest absolute Gasteiger partial charge is 0.506 e. The van der Waals surface area contributed by atoms with E-state index in [4.69, 9.17) is 4.74 Å². The SMILES string of the molecule is COc1ccc(C(=O)NN=Cc2cc(Br)c(O)c(Br)c2)cc1. The number of aromatic hydroxyl groups is 1. The number of hydrogen-bond acceptors (Lipinski definition) is 4. The molecule has 0 heterocycles. The summed E-state index contributed by atoms with van der Waals surface area (Å²) < 4.78 is 6.09. The van der Waals surface area contributed by atoms with Crippen LogP contribution in [-0.4, -0.2) is 24.3 Å². The Morgan fingerprint density at radius 3 is 2.36 bits per heavy atom. The van der Waals surface area contributed by atoms with Crippen molar-refractivity contribution < 1.29 is 14.6 Å². The average molecular weight is 428 g/mol. The molecule has 2 aromatic rings. The number of halogens is 2. The first-order valence-corrected chi connectivity index (χ1v) is 7.75. The zero-order valence-electron chi connectivity index (χ0n) is 11.5. The summed E-state index contributed by atoms with van der Waals surface area (Å²) in [6.45, 7) is 0. The number of ether oxygens (including phenoxy) is 1. The second-order valence-corrected chi connectivity index (χ2v) is 5.97. The standard InChI is InChI=1S/C15H12Br2N2O3/c1-22-11-4-2-10(3-5-11)15(21)19-18-8-9-6-12(16)14(20)13(17)7-9/h2-8,20H,1H3,(H,19,21). The highest BCUT2D eigenvalue weighted by atomic mass is 79.9. The van der Waals surface area contributed by atoms with Crippen molar-refractivity contribution in [2.45, 2.75) is 0 Å². The zero-order valence-corrected chi connectivity index (χ0v) is 14.7. The van der Waals surface area contributed by atoms with Crippen molar-refractivity contribution in [3.05, 3.63) is 56.5 Å². The Morgan fingerprint density at radius 1 is 1.23 bits per heavy atom. The summed E-state index contributed by atoms with van der Waals surface area (Å²) in [6.07, 6.45) is 1.48. The maximum Gasteiger partial charge on any atom is 0.271 e. The fourth-order valence-electron chi connectivity index (χ4n) is 1.63. The third-order valence-corrected chi connectivity index (χ3v) is 3.98. The minimum atomic E-state index is -0.323. The molecule has 2 aromatic carbocycles. The van der Waals surface area contributed by atoms with Crippen molar-refractivity contribution in [1.82, 2.24) is 5.43 Å². The number of methoxy groups -OCH3 is 1. The van der Waals surface area contributed by atoms with E-state index in [1.54, 1.807) is 43.5 Å². The Bertz CT molecular complexity index is 692. The molecule has 0 radical (unpaired) electrons. The van der Waals surface area contributed by atoms with Crippen LogP contribution in [-0.2, 0) is 0 Å². The molecule has 22 heavy (non-hydrogen) atoms. The number of hydrazone groups is 1. The van der Waals surface area contributed by atoms with Crippen LogP contribution in [0.3, 0.4) is 0 Å². The number of hydrogen-bond donors (Lipinski definition) is 2. The van der Waals surface area contributed by atoms with E-state index in [-0.39, 0.29) is 11.7 Å². The van der Waals surface area contributed by atoms with Gasteiger partial charge in [-0.25, -0.2) is 5.43 Å². The Hall–Kier alpha value is -1.86. The van der Waals surface area contributed by atoms with Crippen LogP contribution >= 0.6 is 31.9 Å². The predicted octanol–water partition coefficient (Wildman–Crippen LogP) is 3.69. The van der Waals surface area contributed by atoms with E-state index in [2.05, 4.69) is 42.4 Å². The maximum atomic E-state index is 11.9. The molecule has 0 bridgehead atoms.